The van der Waals surface area contributed by atoms with Gasteiger partial charge in [-0.25, -0.2) is 0 Å². The third-order valence-electron chi connectivity index (χ3n) is 2.63. The van der Waals surface area contributed by atoms with Crippen molar-refractivity contribution in [1.29, 1.82) is 0 Å². The molecule has 0 aromatic rings. The number of esters is 4. The molecular formula is C14H20Br2O8. The molecule has 0 saturated carbocycles. The smallest absolute Gasteiger partial charge is 0.304 e. The Kier molecular flexibility index (Phi) is 9.49. The van der Waals surface area contributed by atoms with Crippen LogP contribution in [-0.2, 0) is 38.1 Å². The fraction of sp³-hybridized carbons (Fsp3) is 0.714. The lowest BCUT2D eigenvalue weighted by atomic mass is 10.0. The molecule has 0 unspecified atom stereocenters. The van der Waals surface area contributed by atoms with E-state index in [1.807, 2.05) is 0 Å². The minimum absolute atomic E-state index is 0.00207. The van der Waals surface area contributed by atoms with Crippen LogP contribution in [0.3, 0.4) is 0 Å². The van der Waals surface area contributed by atoms with Gasteiger partial charge in [-0.2, -0.15) is 0 Å². The molecule has 0 aromatic carbocycles. The first kappa shape index (κ1) is 22.8. The Balaban J connectivity index is 5.88. The molecule has 0 bridgehead atoms. The molecule has 0 aliphatic heterocycles. The average Bonchev–Trinajstić information content (AvgIpc) is 2.40. The van der Waals surface area contributed by atoms with Gasteiger partial charge in [0, 0.05) is 27.7 Å². The number of hydrogen-bond acceptors (Lipinski definition) is 8. The number of hydrogen-bond donors (Lipinski definition) is 0. The van der Waals surface area contributed by atoms with Crippen molar-refractivity contribution in [2.24, 2.45) is 0 Å². The second kappa shape index (κ2) is 9.97. The normalized spacial score (nSPS) is 16.8. The Morgan fingerprint density at radius 3 is 1.67 bits per heavy atom. The third kappa shape index (κ3) is 7.61. The first-order valence-corrected chi connectivity index (χ1v) is 8.80. The quantitative estimate of drug-likeness (QED) is 0.297. The molecule has 0 N–H and O–H groups in total. The maximum absolute atomic E-state index is 11.5. The van der Waals surface area contributed by atoms with Crippen molar-refractivity contribution in [3.8, 4) is 0 Å². The molecule has 24 heavy (non-hydrogen) atoms. The van der Waals surface area contributed by atoms with E-state index in [1.165, 1.54) is 20.8 Å². The van der Waals surface area contributed by atoms with Gasteiger partial charge in [0.1, 0.15) is 6.10 Å². The van der Waals surface area contributed by atoms with Crippen LogP contribution in [0.25, 0.3) is 0 Å². The van der Waals surface area contributed by atoms with Crippen molar-refractivity contribution in [1.82, 2.24) is 0 Å². The average molecular weight is 476 g/mol. The minimum atomic E-state index is -1.54. The molecule has 0 aliphatic rings. The van der Waals surface area contributed by atoms with Gasteiger partial charge in [-0.15, -0.1) is 0 Å². The maximum Gasteiger partial charge on any atom is 0.304 e. The fourth-order valence-corrected chi connectivity index (χ4v) is 2.92. The van der Waals surface area contributed by atoms with Crippen molar-refractivity contribution < 1.29 is 38.1 Å². The van der Waals surface area contributed by atoms with Gasteiger partial charge in [-0.3, -0.25) is 19.2 Å². The highest BCUT2D eigenvalue weighted by atomic mass is 79.9. The summed E-state index contributed by atoms with van der Waals surface area (Å²) in [6.45, 7) is 6.10. The van der Waals surface area contributed by atoms with Crippen LogP contribution in [0.15, 0.2) is 0 Å². The van der Waals surface area contributed by atoms with Gasteiger partial charge < -0.3 is 18.9 Å². The lowest BCUT2D eigenvalue weighted by Gasteiger charge is -2.38. The fourth-order valence-electron chi connectivity index (χ4n) is 1.90. The van der Waals surface area contributed by atoms with E-state index in [0.29, 0.717) is 0 Å². The Morgan fingerprint density at radius 1 is 0.875 bits per heavy atom. The second-order valence-corrected chi connectivity index (χ2v) is 6.84. The van der Waals surface area contributed by atoms with Gasteiger partial charge in [0.15, 0.2) is 12.2 Å². The van der Waals surface area contributed by atoms with Gasteiger partial charge in [0.2, 0.25) is 4.51 Å². The van der Waals surface area contributed by atoms with E-state index in [-0.39, 0.29) is 5.33 Å². The third-order valence-corrected chi connectivity index (χ3v) is 5.11. The van der Waals surface area contributed by atoms with Gasteiger partial charge in [0.05, 0.1) is 5.33 Å². The first-order valence-electron chi connectivity index (χ1n) is 6.89. The van der Waals surface area contributed by atoms with Crippen molar-refractivity contribution >= 4 is 55.7 Å². The standard InChI is InChI=1S/C14H20Br2O8/c1-7(21-8(2)17)12(22-9(3)18)13(23-10(4)19)14(16,6-15)24-11(5)20/h7,12-13H,6H2,1-5H3/t7-,12-,13-,14-/m0/s1. The molecule has 138 valence electrons. The zero-order valence-electron chi connectivity index (χ0n) is 14.0. The van der Waals surface area contributed by atoms with E-state index < -0.39 is 46.7 Å². The van der Waals surface area contributed by atoms with E-state index in [0.717, 1.165) is 13.8 Å². The first-order chi connectivity index (χ1) is 10.9. The highest BCUT2D eigenvalue weighted by molar-refractivity contribution is 9.12. The molecule has 0 aliphatic carbocycles. The number of carbonyl (C=O) groups excluding carboxylic acids is 4. The van der Waals surface area contributed by atoms with Crippen LogP contribution in [0.4, 0.5) is 0 Å². The number of alkyl halides is 2. The Hall–Kier alpha value is -1.16. The summed E-state index contributed by atoms with van der Waals surface area (Å²) in [5, 5.41) is 0.00207. The van der Waals surface area contributed by atoms with E-state index in [4.69, 9.17) is 18.9 Å². The van der Waals surface area contributed by atoms with E-state index in [2.05, 4.69) is 31.9 Å². The van der Waals surface area contributed by atoms with Crippen molar-refractivity contribution in [3.63, 3.8) is 0 Å². The predicted octanol–water partition coefficient (Wildman–Crippen LogP) is 1.85. The molecule has 10 heteroatoms. The van der Waals surface area contributed by atoms with E-state index in [9.17, 15) is 19.2 Å². The Morgan fingerprint density at radius 2 is 1.33 bits per heavy atom. The van der Waals surface area contributed by atoms with E-state index in [1.54, 1.807) is 0 Å². The van der Waals surface area contributed by atoms with Crippen molar-refractivity contribution in [3.05, 3.63) is 0 Å². The Bertz CT molecular complexity index is 495. The van der Waals surface area contributed by atoms with Crippen molar-refractivity contribution in [2.75, 3.05) is 5.33 Å². The van der Waals surface area contributed by atoms with Gasteiger partial charge in [-0.05, 0) is 22.9 Å². The monoisotopic (exact) mass is 474 g/mol. The van der Waals surface area contributed by atoms with E-state index >= 15 is 0 Å². The minimum Gasteiger partial charge on any atom is -0.459 e. The molecular weight excluding hydrogens is 456 g/mol. The van der Waals surface area contributed by atoms with Gasteiger partial charge in [0.25, 0.3) is 0 Å². The summed E-state index contributed by atoms with van der Waals surface area (Å²) in [6.07, 6.45) is -3.47. The summed E-state index contributed by atoms with van der Waals surface area (Å²) >= 11 is 6.37. The molecule has 0 fully saturated rings. The summed E-state index contributed by atoms with van der Waals surface area (Å²) < 4.78 is 19.1. The molecule has 0 amide bonds. The molecule has 0 saturated heterocycles. The van der Waals surface area contributed by atoms with Crippen LogP contribution in [0, 0.1) is 0 Å². The zero-order chi connectivity index (χ0) is 19.1. The number of rotatable bonds is 8. The highest BCUT2D eigenvalue weighted by Gasteiger charge is 2.50. The molecule has 0 radical (unpaired) electrons. The van der Waals surface area contributed by atoms with Crippen LogP contribution in [0.5, 0.6) is 0 Å². The molecule has 0 rings (SSSR count). The molecule has 0 spiro atoms. The van der Waals surface area contributed by atoms with Crippen LogP contribution < -0.4 is 0 Å². The largest absolute Gasteiger partial charge is 0.459 e. The lowest BCUT2D eigenvalue weighted by Crippen LogP contribution is -2.56. The molecule has 0 heterocycles. The zero-order valence-corrected chi connectivity index (χ0v) is 17.1. The number of ether oxygens (including phenoxy) is 4. The van der Waals surface area contributed by atoms with Crippen molar-refractivity contribution in [2.45, 2.75) is 57.4 Å². The summed E-state index contributed by atoms with van der Waals surface area (Å²) in [6, 6.07) is 0. The topological polar surface area (TPSA) is 105 Å². The van der Waals surface area contributed by atoms with Gasteiger partial charge >= 0.3 is 23.9 Å². The summed E-state index contributed by atoms with van der Waals surface area (Å²) in [5.41, 5.74) is 0. The second-order valence-electron chi connectivity index (χ2n) is 4.93. The van der Waals surface area contributed by atoms with Crippen LogP contribution in [0.1, 0.15) is 34.6 Å². The molecule has 0 aromatic heterocycles. The maximum atomic E-state index is 11.5. The van der Waals surface area contributed by atoms with Crippen LogP contribution in [0.2, 0.25) is 0 Å². The Labute approximate surface area is 156 Å². The number of carbonyl (C=O) groups is 4. The predicted molar refractivity (Wildman–Crippen MR) is 89.6 cm³/mol. The lowest BCUT2D eigenvalue weighted by molar-refractivity contribution is -0.197. The SMILES string of the molecule is CC(=O)O[C@@H]([C@H](C)OC(C)=O)[C@H](OC(C)=O)[C@](Br)(CBr)OC(C)=O. The highest BCUT2D eigenvalue weighted by Crippen LogP contribution is 2.34. The van der Waals surface area contributed by atoms with Gasteiger partial charge in [-0.1, -0.05) is 15.9 Å². The molecule has 8 nitrogen and oxygen atoms in total. The summed E-state index contributed by atoms with van der Waals surface area (Å²) in [4.78, 5) is 45.5. The summed E-state index contributed by atoms with van der Waals surface area (Å²) in [5.74, 6) is -2.68. The molecule has 4 atom stereocenters. The van der Waals surface area contributed by atoms with Crippen LogP contribution in [-0.4, -0.2) is 52.0 Å². The summed E-state index contributed by atoms with van der Waals surface area (Å²) in [7, 11) is 0. The van der Waals surface area contributed by atoms with Crippen LogP contribution >= 0.6 is 31.9 Å². The number of halogens is 2.